The average molecular weight is 533 g/mol. The Morgan fingerprint density at radius 2 is 1.69 bits per heavy atom. The highest BCUT2D eigenvalue weighted by molar-refractivity contribution is 6.42. The van der Waals surface area contributed by atoms with Crippen molar-refractivity contribution in [3.05, 3.63) is 69.2 Å². The molecule has 0 aliphatic carbocycles. The van der Waals surface area contributed by atoms with Gasteiger partial charge in [0.25, 0.3) is 0 Å². The molecule has 0 unspecified atom stereocenters. The minimum atomic E-state index is -4.74. The summed E-state index contributed by atoms with van der Waals surface area (Å²) in [6.07, 6.45) is -7.50. The minimum Gasteiger partial charge on any atom is -0.465 e. The van der Waals surface area contributed by atoms with E-state index >= 15 is 0 Å². The van der Waals surface area contributed by atoms with Gasteiger partial charge in [-0.15, -0.1) is 0 Å². The molecule has 6 nitrogen and oxygen atoms in total. The van der Waals surface area contributed by atoms with Crippen LogP contribution in [0.15, 0.2) is 42.5 Å². The standard InChI is InChI=1S/C24H25Cl2F3N2O4/c1-16-4-6-17(7-5-16)14-31(22(34)35)23(10-3-11-32,18-8-9-19(25)20(26)12-18)15-30(2)21(33)13-24(27,28)29/h4-9,11-12H,3,10,13-15H2,1-2H3,(H,34,35)/t23-/m1/s1. The molecular weight excluding hydrogens is 508 g/mol. The number of amides is 2. The largest absolute Gasteiger partial charge is 0.465 e. The summed E-state index contributed by atoms with van der Waals surface area (Å²) in [5.74, 6) is -1.24. The highest BCUT2D eigenvalue weighted by Gasteiger charge is 2.44. The summed E-state index contributed by atoms with van der Waals surface area (Å²) in [7, 11) is 1.16. The van der Waals surface area contributed by atoms with Crippen LogP contribution in [0.3, 0.4) is 0 Å². The molecule has 0 aromatic heterocycles. The number of hydrogen-bond donors (Lipinski definition) is 1. The number of carboxylic acid groups (broad SMARTS) is 1. The van der Waals surface area contributed by atoms with E-state index in [9.17, 15) is 32.7 Å². The number of hydrogen-bond acceptors (Lipinski definition) is 3. The van der Waals surface area contributed by atoms with Gasteiger partial charge in [0.1, 0.15) is 12.7 Å². The first kappa shape index (κ1) is 28.5. The molecule has 1 atom stereocenters. The maximum Gasteiger partial charge on any atom is 0.408 e. The first-order chi connectivity index (χ1) is 16.3. The number of rotatable bonds is 10. The summed E-state index contributed by atoms with van der Waals surface area (Å²) in [4.78, 5) is 38.2. The SMILES string of the molecule is Cc1ccc(CN(C(=O)O)[C@](CCC=O)(CN(C)C(=O)CC(F)(F)F)c2ccc(Cl)c(Cl)c2)cc1. The lowest BCUT2D eigenvalue weighted by molar-refractivity contribution is -0.161. The van der Waals surface area contributed by atoms with Crippen LogP contribution in [0.4, 0.5) is 18.0 Å². The number of aldehydes is 1. The molecule has 0 fully saturated rings. The Kier molecular flexibility index (Phi) is 9.57. The van der Waals surface area contributed by atoms with Crippen LogP contribution in [-0.4, -0.2) is 53.0 Å². The van der Waals surface area contributed by atoms with Crippen LogP contribution in [0, 0.1) is 6.92 Å². The van der Waals surface area contributed by atoms with E-state index in [1.165, 1.54) is 18.2 Å². The third-order valence-corrected chi connectivity index (χ3v) is 6.36. The van der Waals surface area contributed by atoms with Gasteiger partial charge in [0.05, 0.1) is 15.6 Å². The van der Waals surface area contributed by atoms with E-state index in [1.807, 2.05) is 6.92 Å². The Labute approximate surface area is 211 Å². The van der Waals surface area contributed by atoms with Crippen molar-refractivity contribution in [2.75, 3.05) is 13.6 Å². The molecule has 190 valence electrons. The fourth-order valence-electron chi connectivity index (χ4n) is 3.84. The van der Waals surface area contributed by atoms with Gasteiger partial charge in [0, 0.05) is 26.6 Å². The smallest absolute Gasteiger partial charge is 0.408 e. The molecule has 0 saturated carbocycles. The van der Waals surface area contributed by atoms with Gasteiger partial charge in [0.15, 0.2) is 0 Å². The number of halogens is 5. The number of nitrogens with zero attached hydrogens (tertiary/aromatic N) is 2. The molecule has 0 bridgehead atoms. The Bertz CT molecular complexity index is 1060. The molecule has 2 amide bonds. The fourth-order valence-corrected chi connectivity index (χ4v) is 4.14. The molecule has 0 aliphatic heterocycles. The van der Waals surface area contributed by atoms with Gasteiger partial charge in [-0.25, -0.2) is 4.79 Å². The topological polar surface area (TPSA) is 77.9 Å². The molecule has 35 heavy (non-hydrogen) atoms. The van der Waals surface area contributed by atoms with Gasteiger partial charge in [-0.3, -0.25) is 9.69 Å². The zero-order valence-electron chi connectivity index (χ0n) is 19.1. The van der Waals surface area contributed by atoms with Crippen molar-refractivity contribution in [1.82, 2.24) is 9.80 Å². The molecule has 0 heterocycles. The van der Waals surface area contributed by atoms with Crippen LogP contribution in [0.2, 0.25) is 10.0 Å². The quantitative estimate of drug-likeness (QED) is 0.377. The van der Waals surface area contributed by atoms with Crippen molar-refractivity contribution in [2.45, 2.75) is 44.4 Å². The summed E-state index contributed by atoms with van der Waals surface area (Å²) in [5.41, 5.74) is 0.236. The molecule has 2 rings (SSSR count). The van der Waals surface area contributed by atoms with Crippen LogP contribution in [0.1, 0.15) is 36.0 Å². The number of likely N-dealkylation sites (N-methyl/N-ethyl adjacent to an activating group) is 1. The van der Waals surface area contributed by atoms with Crippen molar-refractivity contribution in [1.29, 1.82) is 0 Å². The molecule has 0 radical (unpaired) electrons. The van der Waals surface area contributed by atoms with E-state index in [2.05, 4.69) is 0 Å². The van der Waals surface area contributed by atoms with E-state index in [1.54, 1.807) is 24.3 Å². The summed E-state index contributed by atoms with van der Waals surface area (Å²) in [6, 6.07) is 11.4. The van der Waals surface area contributed by atoms with Crippen molar-refractivity contribution < 1.29 is 32.7 Å². The van der Waals surface area contributed by atoms with Crippen LogP contribution in [0.25, 0.3) is 0 Å². The first-order valence-electron chi connectivity index (χ1n) is 10.5. The van der Waals surface area contributed by atoms with E-state index < -0.39 is 36.7 Å². The van der Waals surface area contributed by atoms with Crippen LogP contribution in [0.5, 0.6) is 0 Å². The Hall–Kier alpha value is -2.78. The lowest BCUT2D eigenvalue weighted by atomic mass is 9.82. The van der Waals surface area contributed by atoms with E-state index in [0.717, 1.165) is 22.4 Å². The van der Waals surface area contributed by atoms with Crippen molar-refractivity contribution >= 4 is 41.5 Å². The summed E-state index contributed by atoms with van der Waals surface area (Å²) < 4.78 is 38.7. The Morgan fingerprint density at radius 1 is 1.06 bits per heavy atom. The van der Waals surface area contributed by atoms with E-state index in [0.29, 0.717) is 11.8 Å². The third kappa shape index (κ3) is 7.60. The second-order valence-electron chi connectivity index (χ2n) is 8.26. The zero-order chi connectivity index (χ0) is 26.4. The fraction of sp³-hybridized carbons (Fsp3) is 0.375. The number of alkyl halides is 3. The van der Waals surface area contributed by atoms with E-state index in [-0.39, 0.29) is 35.0 Å². The Balaban J connectivity index is 2.67. The highest BCUT2D eigenvalue weighted by atomic mass is 35.5. The third-order valence-electron chi connectivity index (χ3n) is 5.62. The maximum absolute atomic E-state index is 12.9. The second-order valence-corrected chi connectivity index (χ2v) is 9.08. The molecule has 2 aromatic rings. The summed E-state index contributed by atoms with van der Waals surface area (Å²) in [6.45, 7) is 1.26. The number of carbonyl (C=O) groups is 3. The van der Waals surface area contributed by atoms with Crippen molar-refractivity contribution in [2.24, 2.45) is 0 Å². The number of aryl methyl sites for hydroxylation is 1. The van der Waals surface area contributed by atoms with Gasteiger partial charge in [-0.1, -0.05) is 59.1 Å². The molecule has 2 aromatic carbocycles. The van der Waals surface area contributed by atoms with Crippen LogP contribution >= 0.6 is 23.2 Å². The van der Waals surface area contributed by atoms with Crippen LogP contribution in [-0.2, 0) is 21.7 Å². The monoisotopic (exact) mass is 532 g/mol. The summed E-state index contributed by atoms with van der Waals surface area (Å²) >= 11 is 12.2. The average Bonchev–Trinajstić information content (AvgIpc) is 2.76. The predicted molar refractivity (Wildman–Crippen MR) is 126 cm³/mol. The summed E-state index contributed by atoms with van der Waals surface area (Å²) in [5, 5.41) is 10.5. The van der Waals surface area contributed by atoms with E-state index in [4.69, 9.17) is 23.2 Å². The molecule has 1 N–H and O–H groups in total. The normalized spacial score (nSPS) is 13.1. The number of carbonyl (C=O) groups excluding carboxylic acids is 2. The van der Waals surface area contributed by atoms with Crippen molar-refractivity contribution in [3.63, 3.8) is 0 Å². The molecule has 0 spiro atoms. The van der Waals surface area contributed by atoms with Gasteiger partial charge >= 0.3 is 12.3 Å². The first-order valence-corrected chi connectivity index (χ1v) is 11.3. The molecule has 11 heteroatoms. The predicted octanol–water partition coefficient (Wildman–Crippen LogP) is 6.07. The van der Waals surface area contributed by atoms with Gasteiger partial charge in [0.2, 0.25) is 5.91 Å². The Morgan fingerprint density at radius 3 is 2.20 bits per heavy atom. The second kappa shape index (κ2) is 11.8. The number of benzene rings is 2. The van der Waals surface area contributed by atoms with Gasteiger partial charge < -0.3 is 14.8 Å². The lowest BCUT2D eigenvalue weighted by Gasteiger charge is -2.45. The maximum atomic E-state index is 12.9. The molecule has 0 saturated heterocycles. The zero-order valence-corrected chi connectivity index (χ0v) is 20.6. The minimum absolute atomic E-state index is 0.0876. The van der Waals surface area contributed by atoms with Crippen molar-refractivity contribution in [3.8, 4) is 0 Å². The van der Waals surface area contributed by atoms with Crippen LogP contribution < -0.4 is 0 Å². The molecule has 0 aliphatic rings. The highest BCUT2D eigenvalue weighted by Crippen LogP contribution is 2.39. The lowest BCUT2D eigenvalue weighted by Crippen LogP contribution is -2.55. The molecular formula is C24H25Cl2F3N2O4. The van der Waals surface area contributed by atoms with Gasteiger partial charge in [-0.05, 0) is 36.6 Å². The van der Waals surface area contributed by atoms with Gasteiger partial charge in [-0.2, -0.15) is 13.2 Å².